The van der Waals surface area contributed by atoms with Crippen molar-refractivity contribution in [2.24, 2.45) is 0 Å². The Hall–Kier alpha value is -1.73. The van der Waals surface area contributed by atoms with Gasteiger partial charge in [-0.1, -0.05) is 41.9 Å². The molecule has 0 aliphatic heterocycles. The van der Waals surface area contributed by atoms with Gasteiger partial charge in [-0.15, -0.1) is 0 Å². The number of hydrogen-bond donors (Lipinski definition) is 0. The minimum Gasteiger partial charge on any atom is -0.464 e. The standard InChI is InChI=1S/C16H13ClO/c17-14-8-9-16-15(10-14)13(11-18-16)7-6-12-4-2-1-3-5-12/h1-5,8-11H,6-7H2. The first-order chi connectivity index (χ1) is 8.83. The Bertz CT molecular complexity index is 655. The first kappa shape index (κ1) is 11.4. The highest BCUT2D eigenvalue weighted by molar-refractivity contribution is 6.31. The lowest BCUT2D eigenvalue weighted by atomic mass is 10.0. The number of halogens is 1. The van der Waals surface area contributed by atoms with Crippen LogP contribution < -0.4 is 0 Å². The number of fused-ring (bicyclic) bond motifs is 1. The summed E-state index contributed by atoms with van der Waals surface area (Å²) in [5.74, 6) is 0. The van der Waals surface area contributed by atoms with Crippen molar-refractivity contribution in [1.82, 2.24) is 0 Å². The number of aryl methyl sites for hydroxylation is 2. The van der Waals surface area contributed by atoms with Crippen molar-refractivity contribution in [3.63, 3.8) is 0 Å². The van der Waals surface area contributed by atoms with Crippen LogP contribution in [0.4, 0.5) is 0 Å². The van der Waals surface area contributed by atoms with Gasteiger partial charge in [0.25, 0.3) is 0 Å². The van der Waals surface area contributed by atoms with Crippen molar-refractivity contribution in [2.45, 2.75) is 12.8 Å². The Morgan fingerprint density at radius 2 is 1.78 bits per heavy atom. The second kappa shape index (κ2) is 4.87. The molecule has 3 aromatic rings. The summed E-state index contributed by atoms with van der Waals surface area (Å²) in [5.41, 5.74) is 3.47. The van der Waals surface area contributed by atoms with Gasteiger partial charge >= 0.3 is 0 Å². The average molecular weight is 257 g/mol. The van der Waals surface area contributed by atoms with Crippen LogP contribution in [0.3, 0.4) is 0 Å². The maximum Gasteiger partial charge on any atom is 0.134 e. The molecule has 0 bridgehead atoms. The highest BCUT2D eigenvalue weighted by atomic mass is 35.5. The minimum absolute atomic E-state index is 0.755. The van der Waals surface area contributed by atoms with Gasteiger partial charge in [-0.3, -0.25) is 0 Å². The Morgan fingerprint density at radius 1 is 0.944 bits per heavy atom. The van der Waals surface area contributed by atoms with Crippen LogP contribution in [-0.4, -0.2) is 0 Å². The minimum atomic E-state index is 0.755. The van der Waals surface area contributed by atoms with Gasteiger partial charge < -0.3 is 4.42 Å². The fraction of sp³-hybridized carbons (Fsp3) is 0.125. The Morgan fingerprint density at radius 3 is 2.61 bits per heavy atom. The lowest BCUT2D eigenvalue weighted by molar-refractivity contribution is 0.610. The topological polar surface area (TPSA) is 13.1 Å². The van der Waals surface area contributed by atoms with Crippen LogP contribution in [0.15, 0.2) is 59.2 Å². The molecule has 18 heavy (non-hydrogen) atoms. The molecule has 0 radical (unpaired) electrons. The molecule has 1 nitrogen and oxygen atoms in total. The number of hydrogen-bond acceptors (Lipinski definition) is 1. The molecular formula is C16H13ClO. The predicted octanol–water partition coefficient (Wildman–Crippen LogP) is 4.87. The van der Waals surface area contributed by atoms with Crippen LogP contribution in [-0.2, 0) is 12.8 Å². The fourth-order valence-corrected chi connectivity index (χ4v) is 2.34. The van der Waals surface area contributed by atoms with Gasteiger partial charge in [0.1, 0.15) is 5.58 Å². The highest BCUT2D eigenvalue weighted by Crippen LogP contribution is 2.25. The average Bonchev–Trinajstić information content (AvgIpc) is 2.80. The molecule has 0 atom stereocenters. The first-order valence-corrected chi connectivity index (χ1v) is 6.40. The van der Waals surface area contributed by atoms with Crippen LogP contribution >= 0.6 is 11.6 Å². The van der Waals surface area contributed by atoms with E-state index in [1.807, 2.05) is 30.5 Å². The zero-order valence-corrected chi connectivity index (χ0v) is 10.7. The quantitative estimate of drug-likeness (QED) is 0.651. The van der Waals surface area contributed by atoms with Crippen molar-refractivity contribution in [3.8, 4) is 0 Å². The molecule has 0 aliphatic rings. The molecule has 0 saturated heterocycles. The Kier molecular flexibility index (Phi) is 3.07. The summed E-state index contributed by atoms with van der Waals surface area (Å²) < 4.78 is 5.53. The van der Waals surface area contributed by atoms with Crippen LogP contribution in [0.5, 0.6) is 0 Å². The van der Waals surface area contributed by atoms with E-state index in [-0.39, 0.29) is 0 Å². The van der Waals surface area contributed by atoms with Gasteiger partial charge in [0.15, 0.2) is 0 Å². The third-order valence-electron chi connectivity index (χ3n) is 3.14. The van der Waals surface area contributed by atoms with E-state index in [0.29, 0.717) is 0 Å². The molecule has 0 saturated carbocycles. The van der Waals surface area contributed by atoms with E-state index in [1.54, 1.807) is 0 Å². The zero-order valence-electron chi connectivity index (χ0n) is 9.90. The highest BCUT2D eigenvalue weighted by Gasteiger charge is 2.06. The monoisotopic (exact) mass is 256 g/mol. The molecule has 0 amide bonds. The van der Waals surface area contributed by atoms with E-state index >= 15 is 0 Å². The molecule has 0 aliphatic carbocycles. The van der Waals surface area contributed by atoms with E-state index in [1.165, 1.54) is 11.1 Å². The molecule has 90 valence electrons. The van der Waals surface area contributed by atoms with Crippen molar-refractivity contribution in [3.05, 3.63) is 70.9 Å². The molecule has 0 unspecified atom stereocenters. The number of furan rings is 1. The van der Waals surface area contributed by atoms with Crippen molar-refractivity contribution >= 4 is 22.6 Å². The van der Waals surface area contributed by atoms with Crippen LogP contribution in [0.25, 0.3) is 11.0 Å². The van der Waals surface area contributed by atoms with Gasteiger partial charge in [0.2, 0.25) is 0 Å². The summed E-state index contributed by atoms with van der Waals surface area (Å²) in [7, 11) is 0. The first-order valence-electron chi connectivity index (χ1n) is 6.02. The third kappa shape index (κ3) is 2.27. The molecule has 0 N–H and O–H groups in total. The largest absolute Gasteiger partial charge is 0.464 e. The van der Waals surface area contributed by atoms with Gasteiger partial charge in [-0.25, -0.2) is 0 Å². The summed E-state index contributed by atoms with van der Waals surface area (Å²) in [6, 6.07) is 16.2. The summed E-state index contributed by atoms with van der Waals surface area (Å²) in [6.07, 6.45) is 3.82. The van der Waals surface area contributed by atoms with Gasteiger partial charge in [0, 0.05) is 10.4 Å². The van der Waals surface area contributed by atoms with E-state index in [2.05, 4.69) is 24.3 Å². The van der Waals surface area contributed by atoms with Gasteiger partial charge in [-0.05, 0) is 42.2 Å². The van der Waals surface area contributed by atoms with E-state index in [4.69, 9.17) is 16.0 Å². The molecule has 0 spiro atoms. The lowest BCUT2D eigenvalue weighted by Gasteiger charge is -2.00. The molecule has 2 aromatic carbocycles. The fourth-order valence-electron chi connectivity index (χ4n) is 2.17. The third-order valence-corrected chi connectivity index (χ3v) is 3.38. The van der Waals surface area contributed by atoms with Crippen molar-refractivity contribution in [2.75, 3.05) is 0 Å². The second-order valence-corrected chi connectivity index (χ2v) is 4.82. The van der Waals surface area contributed by atoms with Crippen molar-refractivity contribution < 1.29 is 4.42 Å². The Labute approximate surface area is 111 Å². The molecule has 1 aromatic heterocycles. The Balaban J connectivity index is 1.85. The van der Waals surface area contributed by atoms with Crippen LogP contribution in [0, 0.1) is 0 Å². The van der Waals surface area contributed by atoms with Gasteiger partial charge in [-0.2, -0.15) is 0 Å². The van der Waals surface area contributed by atoms with Crippen molar-refractivity contribution in [1.29, 1.82) is 0 Å². The van der Waals surface area contributed by atoms with Gasteiger partial charge in [0.05, 0.1) is 6.26 Å². The predicted molar refractivity (Wildman–Crippen MR) is 75.1 cm³/mol. The van der Waals surface area contributed by atoms with E-state index in [0.717, 1.165) is 28.8 Å². The smallest absolute Gasteiger partial charge is 0.134 e. The molecule has 0 fully saturated rings. The summed E-state index contributed by atoms with van der Waals surface area (Å²) >= 11 is 6.02. The van der Waals surface area contributed by atoms with E-state index in [9.17, 15) is 0 Å². The second-order valence-electron chi connectivity index (χ2n) is 4.39. The normalized spacial score (nSPS) is 10.9. The molecule has 2 heteroatoms. The van der Waals surface area contributed by atoms with Crippen LogP contribution in [0.1, 0.15) is 11.1 Å². The van der Waals surface area contributed by atoms with E-state index < -0.39 is 0 Å². The lowest BCUT2D eigenvalue weighted by Crippen LogP contribution is -1.89. The molecule has 1 heterocycles. The number of benzene rings is 2. The summed E-state index contributed by atoms with van der Waals surface area (Å²) in [4.78, 5) is 0. The maximum absolute atomic E-state index is 6.02. The summed E-state index contributed by atoms with van der Waals surface area (Å²) in [6.45, 7) is 0. The number of rotatable bonds is 3. The van der Waals surface area contributed by atoms with Crippen LogP contribution in [0.2, 0.25) is 5.02 Å². The molecular weight excluding hydrogens is 244 g/mol. The molecule has 3 rings (SSSR count). The zero-order chi connectivity index (χ0) is 12.4. The summed E-state index contributed by atoms with van der Waals surface area (Å²) in [5, 5.41) is 1.88. The maximum atomic E-state index is 6.02. The SMILES string of the molecule is Clc1ccc2occ(CCc3ccccc3)c2c1.